The summed E-state index contributed by atoms with van der Waals surface area (Å²) in [6, 6.07) is 14.9. The first-order valence-electron chi connectivity index (χ1n) is 8.09. The van der Waals surface area contributed by atoms with E-state index in [-0.39, 0.29) is 11.2 Å². The quantitative estimate of drug-likeness (QED) is 0.745. The molecule has 2 aromatic rings. The van der Waals surface area contributed by atoms with Gasteiger partial charge in [-0.15, -0.1) is 0 Å². The molecule has 0 spiro atoms. The third-order valence-corrected chi connectivity index (χ3v) is 4.52. The molecule has 0 aliphatic rings. The van der Waals surface area contributed by atoms with Gasteiger partial charge in [-0.1, -0.05) is 4.57 Å². The lowest BCUT2D eigenvalue weighted by Crippen LogP contribution is -2.23. The third-order valence-electron chi connectivity index (χ3n) is 2.99. The summed E-state index contributed by atoms with van der Waals surface area (Å²) in [7, 11) is -1.62. The maximum atomic E-state index is 12.7. The Morgan fingerprint density at radius 1 is 0.625 bits per heavy atom. The van der Waals surface area contributed by atoms with Crippen molar-refractivity contribution in [3.05, 3.63) is 48.5 Å². The summed E-state index contributed by atoms with van der Waals surface area (Å²) in [5.74, 6) is 1.56. The van der Waals surface area contributed by atoms with E-state index < -0.39 is 7.80 Å². The minimum atomic E-state index is -1.62. The molecule has 2 rings (SSSR count). The van der Waals surface area contributed by atoms with Crippen molar-refractivity contribution in [1.29, 1.82) is 0 Å². The maximum Gasteiger partial charge on any atom is 0.415 e. The first kappa shape index (κ1) is 18.5. The van der Waals surface area contributed by atoms with Crippen LogP contribution in [-0.4, -0.2) is 11.2 Å². The summed E-state index contributed by atoms with van der Waals surface area (Å²) >= 11 is 0. The van der Waals surface area contributed by atoms with Gasteiger partial charge in [0, 0.05) is 0 Å². The number of hydrogen-bond acceptors (Lipinski definition) is 3. The molecule has 0 heterocycles. The largest absolute Gasteiger partial charge is 0.488 e. The average molecular weight is 345 g/mol. The molecule has 0 saturated carbocycles. The zero-order valence-electron chi connectivity index (χ0n) is 15.3. The molecule has 0 aromatic heterocycles. The Labute approximate surface area is 145 Å². The van der Waals surface area contributed by atoms with Gasteiger partial charge in [0.1, 0.15) is 22.7 Å². The van der Waals surface area contributed by atoms with Crippen LogP contribution in [0.1, 0.15) is 41.5 Å². The highest BCUT2D eigenvalue weighted by Gasteiger charge is 2.24. The van der Waals surface area contributed by atoms with Crippen LogP contribution in [0.4, 0.5) is 0 Å². The van der Waals surface area contributed by atoms with Crippen LogP contribution in [0.2, 0.25) is 0 Å². The van der Waals surface area contributed by atoms with Crippen LogP contribution in [0, 0.1) is 0 Å². The molecule has 0 aliphatic carbocycles. The second-order valence-electron chi connectivity index (χ2n) is 7.71. The van der Waals surface area contributed by atoms with E-state index in [2.05, 4.69) is 0 Å². The number of hydrogen-bond donors (Lipinski definition) is 0. The van der Waals surface area contributed by atoms with Crippen molar-refractivity contribution >= 4 is 18.4 Å². The topological polar surface area (TPSA) is 35.5 Å². The van der Waals surface area contributed by atoms with Crippen molar-refractivity contribution in [1.82, 2.24) is 0 Å². The van der Waals surface area contributed by atoms with Crippen LogP contribution in [0.3, 0.4) is 0 Å². The molecular formula is C20H26O3P+. The smallest absolute Gasteiger partial charge is 0.415 e. The summed E-state index contributed by atoms with van der Waals surface area (Å²) in [6.45, 7) is 12.0. The molecule has 0 unspecified atom stereocenters. The van der Waals surface area contributed by atoms with Crippen molar-refractivity contribution in [2.45, 2.75) is 52.7 Å². The lowest BCUT2D eigenvalue weighted by atomic mass is 10.2. The first-order valence-corrected chi connectivity index (χ1v) is 9.35. The summed E-state index contributed by atoms with van der Waals surface area (Å²) < 4.78 is 24.3. The highest BCUT2D eigenvalue weighted by atomic mass is 31.1. The maximum absolute atomic E-state index is 12.7. The van der Waals surface area contributed by atoms with Crippen LogP contribution in [0.5, 0.6) is 11.5 Å². The highest BCUT2D eigenvalue weighted by molar-refractivity contribution is 7.61. The van der Waals surface area contributed by atoms with Gasteiger partial charge in [-0.25, -0.2) is 0 Å². The highest BCUT2D eigenvalue weighted by Crippen LogP contribution is 2.25. The van der Waals surface area contributed by atoms with E-state index in [0.717, 1.165) is 22.1 Å². The second-order valence-corrected chi connectivity index (χ2v) is 9.33. The van der Waals surface area contributed by atoms with E-state index >= 15 is 0 Å². The standard InChI is InChI=1S/C20H26O3P/c1-19(2,3)22-15-7-11-17(12-8-15)24(21)18-13-9-16(10-14-18)23-20(4,5)6/h7-14H,1-6H3/q+1. The average Bonchev–Trinajstić information content (AvgIpc) is 2.45. The number of ether oxygens (including phenoxy) is 2. The molecule has 0 saturated heterocycles. The lowest BCUT2D eigenvalue weighted by molar-refractivity contribution is 0.130. The van der Waals surface area contributed by atoms with E-state index in [1.165, 1.54) is 0 Å². The van der Waals surface area contributed by atoms with Crippen LogP contribution in [-0.2, 0) is 4.57 Å². The summed E-state index contributed by atoms with van der Waals surface area (Å²) in [5, 5.41) is 1.58. The molecular weight excluding hydrogens is 319 g/mol. The van der Waals surface area contributed by atoms with Crippen molar-refractivity contribution in [3.8, 4) is 11.5 Å². The van der Waals surface area contributed by atoms with Gasteiger partial charge in [-0.3, -0.25) is 0 Å². The van der Waals surface area contributed by atoms with Crippen LogP contribution in [0.25, 0.3) is 0 Å². The molecule has 0 N–H and O–H groups in total. The second kappa shape index (κ2) is 6.94. The van der Waals surface area contributed by atoms with Crippen molar-refractivity contribution in [2.24, 2.45) is 0 Å². The molecule has 4 heteroatoms. The third kappa shape index (κ3) is 5.65. The van der Waals surface area contributed by atoms with Gasteiger partial charge in [-0.2, -0.15) is 0 Å². The molecule has 3 nitrogen and oxygen atoms in total. The first-order chi connectivity index (χ1) is 11.0. The predicted octanol–water partition coefficient (Wildman–Crippen LogP) is 4.82. The van der Waals surface area contributed by atoms with Crippen LogP contribution >= 0.6 is 7.80 Å². The minimum Gasteiger partial charge on any atom is -0.488 e. The molecule has 0 atom stereocenters. The Hall–Kier alpha value is -1.86. The predicted molar refractivity (Wildman–Crippen MR) is 101 cm³/mol. The van der Waals surface area contributed by atoms with Gasteiger partial charge in [-0.05, 0) is 90.1 Å². The van der Waals surface area contributed by atoms with Gasteiger partial charge in [0.05, 0.1) is 0 Å². The molecule has 0 radical (unpaired) electrons. The van der Waals surface area contributed by atoms with Gasteiger partial charge in [0.15, 0.2) is 10.6 Å². The Morgan fingerprint density at radius 3 is 1.17 bits per heavy atom. The summed E-state index contributed by atoms with van der Waals surface area (Å²) in [6.07, 6.45) is 0. The zero-order valence-corrected chi connectivity index (χ0v) is 16.2. The van der Waals surface area contributed by atoms with E-state index in [4.69, 9.17) is 9.47 Å². The molecule has 128 valence electrons. The van der Waals surface area contributed by atoms with Gasteiger partial charge in [0.2, 0.25) is 0 Å². The molecule has 0 fully saturated rings. The minimum absolute atomic E-state index is 0.243. The molecule has 24 heavy (non-hydrogen) atoms. The monoisotopic (exact) mass is 345 g/mol. The fourth-order valence-corrected chi connectivity index (χ4v) is 3.29. The van der Waals surface area contributed by atoms with Gasteiger partial charge in [0.25, 0.3) is 0 Å². The SMILES string of the molecule is CC(C)(C)Oc1ccc([P+](=O)c2ccc(OC(C)(C)C)cc2)cc1. The number of benzene rings is 2. The Kier molecular flexibility index (Phi) is 5.35. The Balaban J connectivity index is 2.11. The van der Waals surface area contributed by atoms with E-state index in [1.807, 2.05) is 90.1 Å². The van der Waals surface area contributed by atoms with Gasteiger partial charge >= 0.3 is 7.80 Å². The molecule has 2 aromatic carbocycles. The van der Waals surface area contributed by atoms with Gasteiger partial charge < -0.3 is 9.47 Å². The fraction of sp³-hybridized carbons (Fsp3) is 0.400. The normalized spacial score (nSPS) is 11.9. The van der Waals surface area contributed by atoms with Crippen molar-refractivity contribution in [2.75, 3.05) is 0 Å². The van der Waals surface area contributed by atoms with Crippen LogP contribution in [0.15, 0.2) is 48.5 Å². The fourth-order valence-electron chi connectivity index (χ4n) is 2.16. The Morgan fingerprint density at radius 2 is 0.917 bits per heavy atom. The zero-order chi connectivity index (χ0) is 18.0. The Bertz CT molecular complexity index is 628. The van der Waals surface area contributed by atoms with E-state index in [1.54, 1.807) is 0 Å². The van der Waals surface area contributed by atoms with Crippen LogP contribution < -0.4 is 20.1 Å². The molecule has 0 aliphatic heterocycles. The molecule has 0 bridgehead atoms. The summed E-state index contributed by atoms with van der Waals surface area (Å²) in [4.78, 5) is 0. The lowest BCUT2D eigenvalue weighted by Gasteiger charge is -2.21. The number of rotatable bonds is 4. The van der Waals surface area contributed by atoms with Crippen molar-refractivity contribution < 1.29 is 14.0 Å². The van der Waals surface area contributed by atoms with Crippen molar-refractivity contribution in [3.63, 3.8) is 0 Å². The summed E-state index contributed by atoms with van der Waals surface area (Å²) in [5.41, 5.74) is -0.487. The van der Waals surface area contributed by atoms with E-state index in [0.29, 0.717) is 0 Å². The molecule has 0 amide bonds. The van der Waals surface area contributed by atoms with E-state index in [9.17, 15) is 4.57 Å².